The molecular weight excluding hydrogens is 164 g/mol. The van der Waals surface area contributed by atoms with Crippen molar-refractivity contribution >= 4 is 0 Å². The lowest BCUT2D eigenvalue weighted by molar-refractivity contribution is 0.122. The van der Waals surface area contributed by atoms with Crippen LogP contribution in [-0.2, 0) is 4.74 Å². The maximum Gasteiger partial charge on any atom is 0.0593 e. The standard InChI is InChI=1S/C10H24N2O/c1-5-13-9-8-12(4)7-6-11-10(2)3/h10-11H,5-9H2,1-4H3. The summed E-state index contributed by atoms with van der Waals surface area (Å²) in [5.41, 5.74) is 0. The van der Waals surface area contributed by atoms with Gasteiger partial charge in [0.25, 0.3) is 0 Å². The smallest absolute Gasteiger partial charge is 0.0593 e. The van der Waals surface area contributed by atoms with Crippen LogP contribution in [-0.4, -0.2) is 50.8 Å². The van der Waals surface area contributed by atoms with Gasteiger partial charge in [0.2, 0.25) is 0 Å². The van der Waals surface area contributed by atoms with Crippen LogP contribution in [0.3, 0.4) is 0 Å². The molecule has 80 valence electrons. The highest BCUT2D eigenvalue weighted by atomic mass is 16.5. The molecule has 0 fully saturated rings. The third-order valence-electron chi connectivity index (χ3n) is 1.87. The third kappa shape index (κ3) is 9.80. The third-order valence-corrected chi connectivity index (χ3v) is 1.87. The van der Waals surface area contributed by atoms with E-state index in [2.05, 4.69) is 31.1 Å². The molecule has 0 aliphatic rings. The van der Waals surface area contributed by atoms with Crippen LogP contribution in [0, 0.1) is 0 Å². The van der Waals surface area contributed by atoms with Crippen LogP contribution in [0.4, 0.5) is 0 Å². The maximum atomic E-state index is 5.27. The molecule has 0 radical (unpaired) electrons. The van der Waals surface area contributed by atoms with Gasteiger partial charge in [-0.2, -0.15) is 0 Å². The fraction of sp³-hybridized carbons (Fsp3) is 1.00. The summed E-state index contributed by atoms with van der Waals surface area (Å²) in [6.45, 7) is 11.2. The van der Waals surface area contributed by atoms with Gasteiger partial charge in [-0.3, -0.25) is 0 Å². The molecule has 0 spiro atoms. The van der Waals surface area contributed by atoms with Crippen LogP contribution < -0.4 is 5.32 Å². The van der Waals surface area contributed by atoms with Gasteiger partial charge >= 0.3 is 0 Å². The molecule has 0 atom stereocenters. The number of hydrogen-bond acceptors (Lipinski definition) is 3. The molecule has 0 rings (SSSR count). The van der Waals surface area contributed by atoms with Crippen LogP contribution in [0.5, 0.6) is 0 Å². The fourth-order valence-corrected chi connectivity index (χ4v) is 1.02. The minimum atomic E-state index is 0.584. The van der Waals surface area contributed by atoms with Gasteiger partial charge in [-0.15, -0.1) is 0 Å². The van der Waals surface area contributed by atoms with Crippen molar-refractivity contribution < 1.29 is 4.74 Å². The van der Waals surface area contributed by atoms with Crippen LogP contribution in [0.25, 0.3) is 0 Å². The number of nitrogens with one attached hydrogen (secondary N) is 1. The zero-order valence-corrected chi connectivity index (χ0v) is 9.47. The quantitative estimate of drug-likeness (QED) is 0.574. The first-order valence-corrected chi connectivity index (χ1v) is 5.16. The Balaban J connectivity index is 3.15. The lowest BCUT2D eigenvalue weighted by atomic mass is 10.4. The Labute approximate surface area is 82.4 Å². The molecule has 13 heavy (non-hydrogen) atoms. The molecule has 0 unspecified atom stereocenters. The summed E-state index contributed by atoms with van der Waals surface area (Å²) >= 11 is 0. The van der Waals surface area contributed by atoms with Crippen molar-refractivity contribution in [2.75, 3.05) is 39.9 Å². The molecule has 1 N–H and O–H groups in total. The predicted molar refractivity (Wildman–Crippen MR) is 57.1 cm³/mol. The van der Waals surface area contributed by atoms with E-state index in [1.807, 2.05) is 6.92 Å². The van der Waals surface area contributed by atoms with Gasteiger partial charge in [0.1, 0.15) is 0 Å². The Morgan fingerprint density at radius 1 is 1.31 bits per heavy atom. The molecular formula is C10H24N2O. The summed E-state index contributed by atoms with van der Waals surface area (Å²) < 4.78 is 5.27. The van der Waals surface area contributed by atoms with E-state index in [-0.39, 0.29) is 0 Å². The van der Waals surface area contributed by atoms with Crippen LogP contribution in [0.1, 0.15) is 20.8 Å². The van der Waals surface area contributed by atoms with Gasteiger partial charge in [0, 0.05) is 32.3 Å². The van der Waals surface area contributed by atoms with Gasteiger partial charge in [-0.05, 0) is 14.0 Å². The minimum Gasteiger partial charge on any atom is -0.380 e. The van der Waals surface area contributed by atoms with Crippen LogP contribution >= 0.6 is 0 Å². The van der Waals surface area contributed by atoms with Crippen molar-refractivity contribution in [2.45, 2.75) is 26.8 Å². The second-order valence-corrected chi connectivity index (χ2v) is 3.61. The predicted octanol–water partition coefficient (Wildman–Crippen LogP) is 0.953. The van der Waals surface area contributed by atoms with E-state index in [0.29, 0.717) is 6.04 Å². The monoisotopic (exact) mass is 188 g/mol. The highest BCUT2D eigenvalue weighted by Crippen LogP contribution is 1.83. The van der Waals surface area contributed by atoms with E-state index in [1.165, 1.54) is 0 Å². The Morgan fingerprint density at radius 2 is 2.00 bits per heavy atom. The molecule has 0 aromatic carbocycles. The molecule has 3 heteroatoms. The van der Waals surface area contributed by atoms with Gasteiger partial charge in [0.15, 0.2) is 0 Å². The molecule has 0 bridgehead atoms. The van der Waals surface area contributed by atoms with E-state index < -0.39 is 0 Å². The summed E-state index contributed by atoms with van der Waals surface area (Å²) in [4.78, 5) is 2.28. The zero-order chi connectivity index (χ0) is 10.1. The van der Waals surface area contributed by atoms with Gasteiger partial charge < -0.3 is 15.0 Å². The van der Waals surface area contributed by atoms with Crippen molar-refractivity contribution in [1.29, 1.82) is 0 Å². The van der Waals surface area contributed by atoms with E-state index in [4.69, 9.17) is 4.74 Å². The van der Waals surface area contributed by atoms with Crippen molar-refractivity contribution in [2.24, 2.45) is 0 Å². The first kappa shape index (κ1) is 12.9. The Hall–Kier alpha value is -0.120. The van der Waals surface area contributed by atoms with Crippen molar-refractivity contribution in [3.63, 3.8) is 0 Å². The molecule has 0 aliphatic heterocycles. The maximum absolute atomic E-state index is 5.27. The summed E-state index contributed by atoms with van der Waals surface area (Å²) in [5.74, 6) is 0. The topological polar surface area (TPSA) is 24.5 Å². The van der Waals surface area contributed by atoms with Gasteiger partial charge in [-0.25, -0.2) is 0 Å². The Kier molecular flexibility index (Phi) is 8.40. The molecule has 0 aliphatic carbocycles. The average Bonchev–Trinajstić information content (AvgIpc) is 2.04. The first-order chi connectivity index (χ1) is 6.16. The molecule has 0 aromatic heterocycles. The average molecular weight is 188 g/mol. The molecule has 0 saturated heterocycles. The lowest BCUT2D eigenvalue weighted by Crippen LogP contribution is -2.34. The molecule has 0 heterocycles. The summed E-state index contributed by atoms with van der Waals surface area (Å²) in [6, 6.07) is 0.584. The van der Waals surface area contributed by atoms with Crippen molar-refractivity contribution in [3.8, 4) is 0 Å². The van der Waals surface area contributed by atoms with Crippen LogP contribution in [0.15, 0.2) is 0 Å². The summed E-state index contributed by atoms with van der Waals surface area (Å²) in [6.07, 6.45) is 0. The zero-order valence-electron chi connectivity index (χ0n) is 9.47. The fourth-order valence-electron chi connectivity index (χ4n) is 1.02. The normalized spacial score (nSPS) is 11.5. The highest BCUT2D eigenvalue weighted by Gasteiger charge is 1.97. The number of ether oxygens (including phenoxy) is 1. The van der Waals surface area contributed by atoms with E-state index in [0.717, 1.165) is 32.8 Å². The number of hydrogen-bond donors (Lipinski definition) is 1. The number of rotatable bonds is 8. The summed E-state index contributed by atoms with van der Waals surface area (Å²) in [7, 11) is 2.13. The van der Waals surface area contributed by atoms with E-state index in [1.54, 1.807) is 0 Å². The second kappa shape index (κ2) is 8.48. The van der Waals surface area contributed by atoms with Crippen LogP contribution in [0.2, 0.25) is 0 Å². The second-order valence-electron chi connectivity index (χ2n) is 3.61. The van der Waals surface area contributed by atoms with Gasteiger partial charge in [0.05, 0.1) is 6.61 Å². The first-order valence-electron chi connectivity index (χ1n) is 5.16. The van der Waals surface area contributed by atoms with Gasteiger partial charge in [-0.1, -0.05) is 13.8 Å². The Morgan fingerprint density at radius 3 is 2.54 bits per heavy atom. The van der Waals surface area contributed by atoms with E-state index >= 15 is 0 Å². The SMILES string of the molecule is CCOCCN(C)CCNC(C)C. The van der Waals surface area contributed by atoms with Crippen molar-refractivity contribution in [1.82, 2.24) is 10.2 Å². The largest absolute Gasteiger partial charge is 0.380 e. The highest BCUT2D eigenvalue weighted by molar-refractivity contribution is 4.57. The molecule has 0 saturated carbocycles. The molecule has 3 nitrogen and oxygen atoms in total. The number of nitrogens with zero attached hydrogens (tertiary/aromatic N) is 1. The number of likely N-dealkylation sites (N-methyl/N-ethyl adjacent to an activating group) is 1. The van der Waals surface area contributed by atoms with Crippen molar-refractivity contribution in [3.05, 3.63) is 0 Å². The minimum absolute atomic E-state index is 0.584. The van der Waals surface area contributed by atoms with E-state index in [9.17, 15) is 0 Å². The molecule has 0 aromatic rings. The Bertz CT molecular complexity index is 107. The molecule has 0 amide bonds. The summed E-state index contributed by atoms with van der Waals surface area (Å²) in [5, 5.41) is 3.38. The lowest BCUT2D eigenvalue weighted by Gasteiger charge is -2.17.